The van der Waals surface area contributed by atoms with Crippen LogP contribution in [0.15, 0.2) is 47.4 Å². The Morgan fingerprint density at radius 3 is 2.29 bits per heavy atom. The van der Waals surface area contributed by atoms with Gasteiger partial charge in [-0.25, -0.2) is 8.42 Å². The van der Waals surface area contributed by atoms with E-state index in [-0.39, 0.29) is 10.5 Å². The van der Waals surface area contributed by atoms with Crippen molar-refractivity contribution in [3.8, 4) is 0 Å². The smallest absolute Gasteiger partial charge is 0.252 e. The average molecular weight is 324 g/mol. The Hall–Kier alpha value is -1.85. The van der Waals surface area contributed by atoms with Crippen LogP contribution in [0.2, 0.25) is 0 Å². The molecule has 0 saturated carbocycles. The molecule has 0 aromatic heterocycles. The number of sulfone groups is 1. The van der Waals surface area contributed by atoms with Crippen molar-refractivity contribution in [3.05, 3.63) is 53.6 Å². The van der Waals surface area contributed by atoms with Crippen LogP contribution in [0.1, 0.15) is 15.9 Å². The predicted octanol–water partition coefficient (Wildman–Crippen LogP) is 3.52. The van der Waals surface area contributed by atoms with Crippen LogP contribution in [-0.4, -0.2) is 19.9 Å². The number of halogens is 1. The van der Waals surface area contributed by atoms with Crippen molar-refractivity contribution < 1.29 is 13.2 Å². The summed E-state index contributed by atoms with van der Waals surface area (Å²) in [6, 6.07) is 12.1. The zero-order valence-electron chi connectivity index (χ0n) is 11.6. The molecule has 0 aliphatic rings. The molecular weight excluding hydrogens is 310 g/mol. The third-order valence-electron chi connectivity index (χ3n) is 2.99. The number of hydrogen-bond donors (Lipinski definition) is 1. The maximum absolute atomic E-state index is 11.9. The number of carbonyl (C=O) groups excluding carboxylic acids is 1. The van der Waals surface area contributed by atoms with Crippen LogP contribution in [0.3, 0.4) is 0 Å². The number of nitrogens with one attached hydrogen (secondary N) is 1. The Balaban J connectivity index is 2.59. The van der Waals surface area contributed by atoms with Gasteiger partial charge in [0.05, 0.1) is 10.6 Å². The first kappa shape index (κ1) is 15.5. The average Bonchev–Trinajstić information content (AvgIpc) is 2.38. The Bertz CT molecular complexity index is 786. The largest absolute Gasteiger partial charge is 0.354 e. The molecule has 4 nitrogen and oxygen atoms in total. The maximum Gasteiger partial charge on any atom is 0.252 e. The highest BCUT2D eigenvalue weighted by atomic mass is 35.5. The number of para-hydroxylation sites is 1. The van der Waals surface area contributed by atoms with Crippen molar-refractivity contribution in [2.45, 2.75) is 11.8 Å². The Labute approximate surface area is 128 Å². The second kappa shape index (κ2) is 5.87. The van der Waals surface area contributed by atoms with E-state index in [9.17, 15) is 13.2 Å². The molecule has 0 amide bonds. The van der Waals surface area contributed by atoms with Crippen molar-refractivity contribution in [2.75, 3.05) is 11.6 Å². The number of carbonyl (C=O) groups is 1. The minimum atomic E-state index is -3.50. The van der Waals surface area contributed by atoms with E-state index in [0.717, 1.165) is 11.9 Å². The van der Waals surface area contributed by atoms with E-state index in [1.807, 2.05) is 30.3 Å². The lowest BCUT2D eigenvalue weighted by atomic mass is 10.1. The fourth-order valence-corrected chi connectivity index (χ4v) is 3.03. The molecule has 6 heteroatoms. The first-order chi connectivity index (χ1) is 9.79. The zero-order valence-corrected chi connectivity index (χ0v) is 13.1. The summed E-state index contributed by atoms with van der Waals surface area (Å²) in [6.07, 6.45) is 1.09. The topological polar surface area (TPSA) is 63.2 Å². The first-order valence-corrected chi connectivity index (χ1v) is 8.42. The molecule has 0 aliphatic carbocycles. The molecule has 0 fully saturated rings. The summed E-state index contributed by atoms with van der Waals surface area (Å²) in [4.78, 5) is 11.4. The standard InChI is InChI=1S/C15H14ClNO3S/c1-10-8-13(17-11-6-4-3-5-7-11)14(21(2,19)20)9-12(10)15(16)18/h3-9,17H,1-2H3. The lowest BCUT2D eigenvalue weighted by Crippen LogP contribution is -2.06. The SMILES string of the molecule is Cc1cc(Nc2ccccc2)c(S(C)(=O)=O)cc1C(=O)Cl. The van der Waals surface area contributed by atoms with Gasteiger partial charge < -0.3 is 5.32 Å². The summed E-state index contributed by atoms with van der Waals surface area (Å²) in [6.45, 7) is 1.71. The second-order valence-corrected chi connectivity index (χ2v) is 7.03. The van der Waals surface area contributed by atoms with Crippen LogP contribution in [0, 0.1) is 6.92 Å². The molecule has 2 aromatic rings. The van der Waals surface area contributed by atoms with Gasteiger partial charge in [-0.05, 0) is 48.4 Å². The predicted molar refractivity (Wildman–Crippen MR) is 84.2 cm³/mol. The van der Waals surface area contributed by atoms with Gasteiger partial charge in [0, 0.05) is 17.5 Å². The summed E-state index contributed by atoms with van der Waals surface area (Å²) in [5, 5.41) is 2.38. The molecule has 0 radical (unpaired) electrons. The van der Waals surface area contributed by atoms with Crippen LogP contribution in [0.4, 0.5) is 11.4 Å². The zero-order chi connectivity index (χ0) is 15.6. The number of hydrogen-bond acceptors (Lipinski definition) is 4. The molecule has 0 aliphatic heterocycles. The molecule has 0 spiro atoms. The molecule has 0 saturated heterocycles. The van der Waals surface area contributed by atoms with E-state index >= 15 is 0 Å². The number of rotatable bonds is 4. The summed E-state index contributed by atoms with van der Waals surface area (Å²) >= 11 is 5.49. The molecule has 0 unspecified atom stereocenters. The molecule has 2 rings (SSSR count). The molecule has 0 bridgehead atoms. The third kappa shape index (κ3) is 3.62. The normalized spacial score (nSPS) is 11.2. The lowest BCUT2D eigenvalue weighted by Gasteiger charge is -2.14. The maximum atomic E-state index is 11.9. The van der Waals surface area contributed by atoms with E-state index in [2.05, 4.69) is 5.32 Å². The van der Waals surface area contributed by atoms with Gasteiger partial charge in [0.2, 0.25) is 0 Å². The van der Waals surface area contributed by atoms with Gasteiger partial charge in [0.1, 0.15) is 0 Å². The van der Waals surface area contributed by atoms with Gasteiger partial charge in [-0.1, -0.05) is 18.2 Å². The van der Waals surface area contributed by atoms with E-state index in [0.29, 0.717) is 11.3 Å². The van der Waals surface area contributed by atoms with Gasteiger partial charge in [-0.2, -0.15) is 0 Å². The summed E-state index contributed by atoms with van der Waals surface area (Å²) in [5.74, 6) is 0. The fourth-order valence-electron chi connectivity index (χ4n) is 1.98. The first-order valence-electron chi connectivity index (χ1n) is 6.15. The van der Waals surface area contributed by atoms with Gasteiger partial charge in [0.15, 0.2) is 9.84 Å². The van der Waals surface area contributed by atoms with Crippen molar-refractivity contribution >= 4 is 38.1 Å². The van der Waals surface area contributed by atoms with Crippen LogP contribution in [0.5, 0.6) is 0 Å². The quantitative estimate of drug-likeness (QED) is 0.874. The van der Waals surface area contributed by atoms with E-state index < -0.39 is 15.1 Å². The Morgan fingerprint density at radius 1 is 1.14 bits per heavy atom. The number of benzene rings is 2. The fraction of sp³-hybridized carbons (Fsp3) is 0.133. The van der Waals surface area contributed by atoms with E-state index in [1.54, 1.807) is 13.0 Å². The van der Waals surface area contributed by atoms with Crippen LogP contribution in [0.25, 0.3) is 0 Å². The number of aryl methyl sites for hydroxylation is 1. The summed E-state index contributed by atoms with van der Waals surface area (Å²) in [7, 11) is -3.50. The van der Waals surface area contributed by atoms with Crippen molar-refractivity contribution in [1.29, 1.82) is 0 Å². The van der Waals surface area contributed by atoms with Gasteiger partial charge in [0.25, 0.3) is 5.24 Å². The highest BCUT2D eigenvalue weighted by molar-refractivity contribution is 7.90. The molecule has 1 N–H and O–H groups in total. The van der Waals surface area contributed by atoms with Gasteiger partial charge in [-0.3, -0.25) is 4.79 Å². The lowest BCUT2D eigenvalue weighted by molar-refractivity contribution is 0.108. The molecule has 0 atom stereocenters. The second-order valence-electron chi connectivity index (χ2n) is 4.70. The minimum Gasteiger partial charge on any atom is -0.354 e. The monoisotopic (exact) mass is 323 g/mol. The third-order valence-corrected chi connectivity index (χ3v) is 4.33. The Kier molecular flexibility index (Phi) is 4.34. The van der Waals surface area contributed by atoms with Crippen molar-refractivity contribution in [3.63, 3.8) is 0 Å². The molecule has 110 valence electrons. The Morgan fingerprint density at radius 2 is 1.76 bits per heavy atom. The van der Waals surface area contributed by atoms with E-state index in [1.165, 1.54) is 6.07 Å². The van der Waals surface area contributed by atoms with Gasteiger partial charge in [-0.15, -0.1) is 0 Å². The van der Waals surface area contributed by atoms with Crippen molar-refractivity contribution in [1.82, 2.24) is 0 Å². The van der Waals surface area contributed by atoms with Crippen LogP contribution in [-0.2, 0) is 9.84 Å². The molecule has 2 aromatic carbocycles. The summed E-state index contributed by atoms with van der Waals surface area (Å²) in [5.41, 5.74) is 1.98. The van der Waals surface area contributed by atoms with Crippen LogP contribution < -0.4 is 5.32 Å². The molecule has 0 heterocycles. The molecule has 21 heavy (non-hydrogen) atoms. The highest BCUT2D eigenvalue weighted by Crippen LogP contribution is 2.29. The number of anilines is 2. The van der Waals surface area contributed by atoms with Gasteiger partial charge >= 0.3 is 0 Å². The highest BCUT2D eigenvalue weighted by Gasteiger charge is 2.18. The minimum absolute atomic E-state index is 0.0425. The van der Waals surface area contributed by atoms with Crippen LogP contribution >= 0.6 is 11.6 Å². The molecular formula is C15H14ClNO3S. The van der Waals surface area contributed by atoms with E-state index in [4.69, 9.17) is 11.6 Å². The summed E-state index contributed by atoms with van der Waals surface area (Å²) < 4.78 is 23.9. The van der Waals surface area contributed by atoms with Crippen molar-refractivity contribution in [2.24, 2.45) is 0 Å².